The van der Waals surface area contributed by atoms with E-state index in [2.05, 4.69) is 10.2 Å². The maximum atomic E-state index is 12.9. The average Bonchev–Trinajstić information content (AvgIpc) is 2.89. The van der Waals surface area contributed by atoms with Gasteiger partial charge in [-0.05, 0) is 23.8 Å². The summed E-state index contributed by atoms with van der Waals surface area (Å²) >= 11 is 0. The van der Waals surface area contributed by atoms with Crippen LogP contribution in [0.25, 0.3) is 0 Å². The molecule has 2 aromatic rings. The highest BCUT2D eigenvalue weighted by molar-refractivity contribution is 5.22. The van der Waals surface area contributed by atoms with Crippen LogP contribution in [-0.2, 0) is 0 Å². The molecule has 0 saturated carbocycles. The van der Waals surface area contributed by atoms with Crippen molar-refractivity contribution in [3.05, 3.63) is 70.4 Å². The highest BCUT2D eigenvalue weighted by Gasteiger charge is 2.29. The fraction of sp³-hybridized carbons (Fsp3) is 0.214. The molecule has 19 heavy (non-hydrogen) atoms. The summed E-state index contributed by atoms with van der Waals surface area (Å²) in [6, 6.07) is 10.8. The SMILES string of the molecule is O=c1ccccn1C1CN=NC1c1ccc(F)cc1. The summed E-state index contributed by atoms with van der Waals surface area (Å²) in [6.45, 7) is 0.464. The van der Waals surface area contributed by atoms with Crippen molar-refractivity contribution in [2.24, 2.45) is 10.2 Å². The van der Waals surface area contributed by atoms with Crippen molar-refractivity contribution in [3.8, 4) is 0 Å². The molecule has 4 nitrogen and oxygen atoms in total. The first-order chi connectivity index (χ1) is 9.25. The summed E-state index contributed by atoms with van der Waals surface area (Å²) in [7, 11) is 0. The zero-order chi connectivity index (χ0) is 13.2. The summed E-state index contributed by atoms with van der Waals surface area (Å²) in [6.07, 6.45) is 1.74. The van der Waals surface area contributed by atoms with Crippen molar-refractivity contribution in [2.45, 2.75) is 12.1 Å². The summed E-state index contributed by atoms with van der Waals surface area (Å²) in [4.78, 5) is 11.9. The Morgan fingerprint density at radius 1 is 1.16 bits per heavy atom. The van der Waals surface area contributed by atoms with Crippen molar-refractivity contribution in [1.29, 1.82) is 0 Å². The Bertz CT molecular complexity index is 663. The zero-order valence-corrected chi connectivity index (χ0v) is 10.1. The molecule has 1 aromatic carbocycles. The largest absolute Gasteiger partial charge is 0.308 e. The van der Waals surface area contributed by atoms with Gasteiger partial charge in [-0.3, -0.25) is 4.79 Å². The lowest BCUT2D eigenvalue weighted by atomic mass is 10.0. The van der Waals surface area contributed by atoms with Crippen LogP contribution in [0.15, 0.2) is 63.7 Å². The van der Waals surface area contributed by atoms with E-state index >= 15 is 0 Å². The van der Waals surface area contributed by atoms with Crippen LogP contribution in [0.2, 0.25) is 0 Å². The first kappa shape index (κ1) is 11.8. The lowest BCUT2D eigenvalue weighted by molar-refractivity contribution is 0.463. The molecule has 2 atom stereocenters. The summed E-state index contributed by atoms with van der Waals surface area (Å²) < 4.78 is 14.6. The minimum atomic E-state index is -0.285. The molecule has 0 bridgehead atoms. The third-order valence-electron chi connectivity index (χ3n) is 3.26. The lowest BCUT2D eigenvalue weighted by Crippen LogP contribution is -2.26. The van der Waals surface area contributed by atoms with Gasteiger partial charge < -0.3 is 4.57 Å². The van der Waals surface area contributed by atoms with Gasteiger partial charge in [0.2, 0.25) is 0 Å². The second kappa shape index (κ2) is 4.76. The molecule has 0 spiro atoms. The molecule has 0 saturated heterocycles. The van der Waals surface area contributed by atoms with Crippen LogP contribution in [-0.4, -0.2) is 11.1 Å². The average molecular weight is 257 g/mol. The van der Waals surface area contributed by atoms with Crippen molar-refractivity contribution >= 4 is 0 Å². The van der Waals surface area contributed by atoms with Crippen LogP contribution in [0.4, 0.5) is 4.39 Å². The van der Waals surface area contributed by atoms with E-state index in [-0.39, 0.29) is 23.5 Å². The number of hydrogen-bond donors (Lipinski definition) is 0. The Labute approximate surface area is 109 Å². The Morgan fingerprint density at radius 3 is 2.68 bits per heavy atom. The minimum Gasteiger partial charge on any atom is -0.308 e. The molecular weight excluding hydrogens is 245 g/mol. The Hall–Kier alpha value is -2.30. The predicted octanol–water partition coefficient (Wildman–Crippen LogP) is 2.74. The van der Waals surface area contributed by atoms with E-state index in [0.717, 1.165) is 5.56 Å². The van der Waals surface area contributed by atoms with Crippen LogP contribution in [0.5, 0.6) is 0 Å². The van der Waals surface area contributed by atoms with Gasteiger partial charge in [-0.1, -0.05) is 18.2 Å². The Balaban J connectivity index is 1.98. The van der Waals surface area contributed by atoms with Crippen LogP contribution in [0, 0.1) is 5.82 Å². The number of azo groups is 1. The number of nitrogens with zero attached hydrogens (tertiary/aromatic N) is 3. The van der Waals surface area contributed by atoms with Gasteiger partial charge >= 0.3 is 0 Å². The summed E-state index contributed by atoms with van der Waals surface area (Å²) in [5, 5.41) is 8.21. The molecular formula is C14H12FN3O. The van der Waals surface area contributed by atoms with Crippen molar-refractivity contribution < 1.29 is 4.39 Å². The van der Waals surface area contributed by atoms with E-state index in [0.29, 0.717) is 6.54 Å². The number of pyridine rings is 1. The molecule has 0 fully saturated rings. The lowest BCUT2D eigenvalue weighted by Gasteiger charge is -2.19. The molecule has 2 unspecified atom stereocenters. The fourth-order valence-corrected chi connectivity index (χ4v) is 2.30. The normalized spacial score (nSPS) is 21.7. The molecule has 0 radical (unpaired) electrons. The van der Waals surface area contributed by atoms with E-state index in [4.69, 9.17) is 0 Å². The second-order valence-corrected chi connectivity index (χ2v) is 4.45. The summed E-state index contributed by atoms with van der Waals surface area (Å²) in [5.41, 5.74) is 0.787. The second-order valence-electron chi connectivity index (χ2n) is 4.45. The van der Waals surface area contributed by atoms with Gasteiger partial charge in [-0.25, -0.2) is 4.39 Å². The van der Waals surface area contributed by atoms with E-state index in [9.17, 15) is 9.18 Å². The smallest absolute Gasteiger partial charge is 0.250 e. The molecule has 3 rings (SSSR count). The molecule has 96 valence electrons. The molecule has 2 heterocycles. The van der Waals surface area contributed by atoms with E-state index in [1.165, 1.54) is 18.2 Å². The number of rotatable bonds is 2. The van der Waals surface area contributed by atoms with Crippen LogP contribution in [0.1, 0.15) is 17.6 Å². The highest BCUT2D eigenvalue weighted by Crippen LogP contribution is 2.34. The summed E-state index contributed by atoms with van der Waals surface area (Å²) in [5.74, 6) is -0.285. The molecule has 0 aliphatic carbocycles. The van der Waals surface area contributed by atoms with Gasteiger partial charge in [0.15, 0.2) is 0 Å². The highest BCUT2D eigenvalue weighted by atomic mass is 19.1. The molecule has 1 aliphatic heterocycles. The molecule has 1 aromatic heterocycles. The minimum absolute atomic E-state index is 0.0769. The van der Waals surface area contributed by atoms with Crippen LogP contribution >= 0.6 is 0 Å². The van der Waals surface area contributed by atoms with Crippen molar-refractivity contribution in [1.82, 2.24) is 4.57 Å². The van der Waals surface area contributed by atoms with Crippen LogP contribution < -0.4 is 5.56 Å². The first-order valence-corrected chi connectivity index (χ1v) is 6.05. The number of hydrogen-bond acceptors (Lipinski definition) is 3. The molecule has 5 heteroatoms. The van der Waals surface area contributed by atoms with Crippen molar-refractivity contribution in [2.75, 3.05) is 6.54 Å². The topological polar surface area (TPSA) is 46.7 Å². The third-order valence-corrected chi connectivity index (χ3v) is 3.26. The zero-order valence-electron chi connectivity index (χ0n) is 10.1. The van der Waals surface area contributed by atoms with Gasteiger partial charge in [-0.15, -0.1) is 0 Å². The monoisotopic (exact) mass is 257 g/mol. The van der Waals surface area contributed by atoms with Gasteiger partial charge in [0.25, 0.3) is 5.56 Å². The Morgan fingerprint density at radius 2 is 1.95 bits per heavy atom. The molecule has 0 amide bonds. The van der Waals surface area contributed by atoms with Crippen LogP contribution in [0.3, 0.4) is 0 Å². The van der Waals surface area contributed by atoms with Gasteiger partial charge in [-0.2, -0.15) is 10.2 Å². The van der Waals surface area contributed by atoms with Crippen molar-refractivity contribution in [3.63, 3.8) is 0 Å². The molecule has 1 aliphatic rings. The standard InChI is InChI=1S/C14H12FN3O/c15-11-6-4-10(5-7-11)14-12(9-16-17-14)18-8-2-1-3-13(18)19/h1-8,12,14H,9H2. The van der Waals surface area contributed by atoms with Gasteiger partial charge in [0.05, 0.1) is 12.6 Å². The van der Waals surface area contributed by atoms with Gasteiger partial charge in [0.1, 0.15) is 11.9 Å². The first-order valence-electron chi connectivity index (χ1n) is 6.05. The number of benzene rings is 1. The van der Waals surface area contributed by atoms with E-state index in [1.54, 1.807) is 35.0 Å². The maximum Gasteiger partial charge on any atom is 0.250 e. The predicted molar refractivity (Wildman–Crippen MR) is 68.6 cm³/mol. The van der Waals surface area contributed by atoms with E-state index in [1.807, 2.05) is 0 Å². The number of halogens is 1. The maximum absolute atomic E-state index is 12.9. The third kappa shape index (κ3) is 2.19. The van der Waals surface area contributed by atoms with E-state index < -0.39 is 0 Å². The quantitative estimate of drug-likeness (QED) is 0.816. The van der Waals surface area contributed by atoms with Gasteiger partial charge in [0, 0.05) is 12.3 Å². The Kier molecular flexibility index (Phi) is 2.95. The molecule has 0 N–H and O–H groups in total. The number of aromatic nitrogens is 1. The fourth-order valence-electron chi connectivity index (χ4n) is 2.30.